The van der Waals surface area contributed by atoms with Crippen molar-refractivity contribution in [1.29, 1.82) is 0 Å². The molecule has 0 aliphatic rings. The fourth-order valence-electron chi connectivity index (χ4n) is 2.72. The summed E-state index contributed by atoms with van der Waals surface area (Å²) in [4.78, 5) is 11.9. The third-order valence-corrected chi connectivity index (χ3v) is 3.83. The van der Waals surface area contributed by atoms with Crippen LogP contribution in [0.1, 0.15) is 32.6 Å². The molecular weight excluding hydrogens is 288 g/mol. The minimum Gasteiger partial charge on any atom is -0.395 e. The molecule has 1 amide bonds. The van der Waals surface area contributed by atoms with Gasteiger partial charge in [-0.1, -0.05) is 23.8 Å². The molecule has 2 aromatic carbocycles. The first kappa shape index (κ1) is 17.0. The van der Waals surface area contributed by atoms with Crippen molar-refractivity contribution in [3.8, 4) is 0 Å². The van der Waals surface area contributed by atoms with E-state index in [4.69, 9.17) is 5.11 Å². The van der Waals surface area contributed by atoms with Gasteiger partial charge in [-0.2, -0.15) is 0 Å². The van der Waals surface area contributed by atoms with Gasteiger partial charge in [-0.25, -0.2) is 0 Å². The van der Waals surface area contributed by atoms with Crippen molar-refractivity contribution in [2.45, 2.75) is 27.3 Å². The fraction of sp³-hybridized carbons (Fsp3) is 0.316. The minimum absolute atomic E-state index is 0.0599. The molecular formula is C19H24N2O2. The second-order valence-electron chi connectivity index (χ2n) is 5.79. The van der Waals surface area contributed by atoms with Gasteiger partial charge in [-0.3, -0.25) is 4.79 Å². The second kappa shape index (κ2) is 7.79. The maximum absolute atomic E-state index is 11.9. The minimum atomic E-state index is -0.176. The van der Waals surface area contributed by atoms with Crippen molar-refractivity contribution in [2.75, 3.05) is 18.5 Å². The Morgan fingerprint density at radius 1 is 1.09 bits per heavy atom. The van der Waals surface area contributed by atoms with E-state index >= 15 is 0 Å². The summed E-state index contributed by atoms with van der Waals surface area (Å²) in [6.45, 7) is 7.27. The molecule has 4 heteroatoms. The molecule has 0 saturated heterocycles. The SMILES string of the molecule is Cc1cc(C)c(CNc2cccc(C(=O)NCCO)c2)c(C)c1. The second-order valence-corrected chi connectivity index (χ2v) is 5.79. The summed E-state index contributed by atoms with van der Waals surface area (Å²) >= 11 is 0. The van der Waals surface area contributed by atoms with Crippen molar-refractivity contribution < 1.29 is 9.90 Å². The van der Waals surface area contributed by atoms with E-state index in [1.807, 2.05) is 18.2 Å². The van der Waals surface area contributed by atoms with Crippen LogP contribution in [0.25, 0.3) is 0 Å². The molecule has 3 N–H and O–H groups in total. The number of aliphatic hydroxyl groups is 1. The van der Waals surface area contributed by atoms with Gasteiger partial charge in [0.1, 0.15) is 0 Å². The fourth-order valence-corrected chi connectivity index (χ4v) is 2.72. The number of amides is 1. The normalized spacial score (nSPS) is 10.4. The Morgan fingerprint density at radius 2 is 1.78 bits per heavy atom. The first-order chi connectivity index (χ1) is 11.0. The van der Waals surface area contributed by atoms with Crippen molar-refractivity contribution in [3.63, 3.8) is 0 Å². The van der Waals surface area contributed by atoms with Gasteiger partial charge in [0, 0.05) is 24.3 Å². The van der Waals surface area contributed by atoms with Crippen LogP contribution in [0.5, 0.6) is 0 Å². The first-order valence-corrected chi connectivity index (χ1v) is 7.81. The zero-order valence-corrected chi connectivity index (χ0v) is 13.9. The van der Waals surface area contributed by atoms with Gasteiger partial charge in [0.25, 0.3) is 5.91 Å². The third-order valence-electron chi connectivity index (χ3n) is 3.83. The Balaban J connectivity index is 2.08. The van der Waals surface area contributed by atoms with Crippen LogP contribution in [-0.2, 0) is 6.54 Å². The van der Waals surface area contributed by atoms with Gasteiger partial charge < -0.3 is 15.7 Å². The predicted molar refractivity (Wildman–Crippen MR) is 93.8 cm³/mol. The number of rotatable bonds is 6. The highest BCUT2D eigenvalue weighted by molar-refractivity contribution is 5.95. The smallest absolute Gasteiger partial charge is 0.251 e. The molecule has 0 bridgehead atoms. The monoisotopic (exact) mass is 312 g/mol. The lowest BCUT2D eigenvalue weighted by molar-refractivity contribution is 0.0945. The van der Waals surface area contributed by atoms with Crippen LogP contribution in [-0.4, -0.2) is 24.2 Å². The summed E-state index contributed by atoms with van der Waals surface area (Å²) in [6, 6.07) is 11.8. The number of aryl methyl sites for hydroxylation is 3. The molecule has 0 fully saturated rings. The zero-order chi connectivity index (χ0) is 16.8. The number of hydrogen-bond donors (Lipinski definition) is 3. The number of carbonyl (C=O) groups is 1. The molecule has 0 heterocycles. The number of nitrogens with one attached hydrogen (secondary N) is 2. The van der Waals surface area contributed by atoms with E-state index in [9.17, 15) is 4.79 Å². The van der Waals surface area contributed by atoms with E-state index < -0.39 is 0 Å². The summed E-state index contributed by atoms with van der Waals surface area (Å²) in [5.74, 6) is -0.176. The number of aliphatic hydroxyl groups excluding tert-OH is 1. The summed E-state index contributed by atoms with van der Waals surface area (Å²) in [5, 5.41) is 14.8. The molecule has 0 unspecified atom stereocenters. The average molecular weight is 312 g/mol. The summed E-state index contributed by atoms with van der Waals surface area (Å²) in [6.07, 6.45) is 0. The van der Waals surface area contributed by atoms with Gasteiger partial charge in [-0.05, 0) is 55.7 Å². The van der Waals surface area contributed by atoms with E-state index in [0.29, 0.717) is 5.56 Å². The lowest BCUT2D eigenvalue weighted by atomic mass is 10.00. The van der Waals surface area contributed by atoms with Crippen LogP contribution < -0.4 is 10.6 Å². The number of carbonyl (C=O) groups excluding carboxylic acids is 1. The predicted octanol–water partition coefficient (Wildman–Crippen LogP) is 2.95. The maximum atomic E-state index is 11.9. The standard InChI is InChI=1S/C19H24N2O2/c1-13-9-14(2)18(15(3)10-13)12-21-17-6-4-5-16(11-17)19(23)20-7-8-22/h4-6,9-11,21-22H,7-8,12H2,1-3H3,(H,20,23). The van der Waals surface area contributed by atoms with Crippen LogP contribution in [0.3, 0.4) is 0 Å². The Morgan fingerprint density at radius 3 is 2.43 bits per heavy atom. The highest BCUT2D eigenvalue weighted by Crippen LogP contribution is 2.19. The number of anilines is 1. The Labute approximate surface area is 137 Å². The van der Waals surface area contributed by atoms with Crippen molar-refractivity contribution >= 4 is 11.6 Å². The maximum Gasteiger partial charge on any atom is 0.251 e. The van der Waals surface area contributed by atoms with Gasteiger partial charge in [0.15, 0.2) is 0 Å². The van der Waals surface area contributed by atoms with Crippen molar-refractivity contribution in [1.82, 2.24) is 5.32 Å². The lowest BCUT2D eigenvalue weighted by Crippen LogP contribution is -2.26. The van der Waals surface area contributed by atoms with E-state index in [1.54, 1.807) is 6.07 Å². The van der Waals surface area contributed by atoms with Crippen LogP contribution in [0.2, 0.25) is 0 Å². The molecule has 2 aromatic rings. The summed E-state index contributed by atoms with van der Waals surface area (Å²) in [7, 11) is 0. The molecule has 2 rings (SSSR count). The Bertz CT molecular complexity index is 673. The molecule has 0 aliphatic carbocycles. The van der Waals surface area contributed by atoms with Crippen molar-refractivity contribution in [3.05, 3.63) is 64.2 Å². The number of benzene rings is 2. The molecule has 4 nitrogen and oxygen atoms in total. The zero-order valence-electron chi connectivity index (χ0n) is 13.9. The van der Waals surface area contributed by atoms with Crippen LogP contribution in [0.15, 0.2) is 36.4 Å². The highest BCUT2D eigenvalue weighted by atomic mass is 16.3. The first-order valence-electron chi connectivity index (χ1n) is 7.81. The highest BCUT2D eigenvalue weighted by Gasteiger charge is 2.07. The quantitative estimate of drug-likeness (QED) is 0.768. The van der Waals surface area contributed by atoms with Crippen LogP contribution in [0, 0.1) is 20.8 Å². The topological polar surface area (TPSA) is 61.4 Å². The van der Waals surface area contributed by atoms with Crippen LogP contribution >= 0.6 is 0 Å². The Hall–Kier alpha value is -2.33. The molecule has 0 aromatic heterocycles. The van der Waals surface area contributed by atoms with Gasteiger partial charge >= 0.3 is 0 Å². The van der Waals surface area contributed by atoms with Crippen molar-refractivity contribution in [2.24, 2.45) is 0 Å². The van der Waals surface area contributed by atoms with E-state index in [0.717, 1.165) is 12.2 Å². The largest absolute Gasteiger partial charge is 0.395 e. The molecule has 0 radical (unpaired) electrons. The number of hydrogen-bond acceptors (Lipinski definition) is 3. The lowest BCUT2D eigenvalue weighted by Gasteiger charge is -2.14. The molecule has 0 aliphatic heterocycles. The molecule has 0 atom stereocenters. The molecule has 23 heavy (non-hydrogen) atoms. The third kappa shape index (κ3) is 4.57. The van der Waals surface area contributed by atoms with E-state index in [2.05, 4.69) is 43.5 Å². The molecule has 0 spiro atoms. The molecule has 0 saturated carbocycles. The average Bonchev–Trinajstić information content (AvgIpc) is 2.51. The summed E-state index contributed by atoms with van der Waals surface area (Å²) in [5.41, 5.74) is 6.58. The molecule has 122 valence electrons. The van der Waals surface area contributed by atoms with E-state index in [-0.39, 0.29) is 19.1 Å². The van der Waals surface area contributed by atoms with Gasteiger partial charge in [-0.15, -0.1) is 0 Å². The summed E-state index contributed by atoms with van der Waals surface area (Å²) < 4.78 is 0. The van der Waals surface area contributed by atoms with E-state index in [1.165, 1.54) is 22.3 Å². The van der Waals surface area contributed by atoms with Gasteiger partial charge in [0.05, 0.1) is 6.61 Å². The van der Waals surface area contributed by atoms with Crippen LogP contribution in [0.4, 0.5) is 5.69 Å². The van der Waals surface area contributed by atoms with Gasteiger partial charge in [0.2, 0.25) is 0 Å². The Kier molecular flexibility index (Phi) is 5.77.